The molecule has 0 unspecified atom stereocenters. The third kappa shape index (κ3) is 2.97. The van der Waals surface area contributed by atoms with Crippen molar-refractivity contribution in [3.63, 3.8) is 0 Å². The Kier molecular flexibility index (Phi) is 4.64. The van der Waals surface area contributed by atoms with E-state index in [1.54, 1.807) is 0 Å². The van der Waals surface area contributed by atoms with Gasteiger partial charge < -0.3 is 0 Å². The van der Waals surface area contributed by atoms with E-state index in [1.165, 1.54) is 22.3 Å². The molecule has 0 N–H and O–H groups in total. The van der Waals surface area contributed by atoms with Crippen LogP contribution >= 0.6 is 45.2 Å². The molecule has 0 fully saturated rings. The molecule has 0 saturated carbocycles. The van der Waals surface area contributed by atoms with Crippen molar-refractivity contribution in [1.29, 1.82) is 0 Å². The highest BCUT2D eigenvalue weighted by Gasteiger charge is 1.98. The Morgan fingerprint density at radius 3 is 2.00 bits per heavy atom. The number of rotatable bonds is 3. The normalized spacial score (nSPS) is 10.4. The van der Waals surface area contributed by atoms with Crippen LogP contribution in [0.5, 0.6) is 0 Å². The molecule has 16 heavy (non-hydrogen) atoms. The molecule has 0 aliphatic rings. The van der Waals surface area contributed by atoms with E-state index >= 15 is 0 Å². The quantitative estimate of drug-likeness (QED) is 0.459. The minimum Gasteiger partial charge on any atom is -0.0812 e. The summed E-state index contributed by atoms with van der Waals surface area (Å²) in [5, 5.41) is 0. The van der Waals surface area contributed by atoms with Crippen molar-refractivity contribution in [2.45, 2.75) is 8.86 Å². The second-order valence-corrected chi connectivity index (χ2v) is 5.19. The fourth-order valence-electron chi connectivity index (χ4n) is 1.62. The van der Waals surface area contributed by atoms with Gasteiger partial charge in [-0.3, -0.25) is 0 Å². The summed E-state index contributed by atoms with van der Waals surface area (Å²) in [6.45, 7) is 0. The molecule has 0 nitrogen and oxygen atoms in total. The minimum absolute atomic E-state index is 1.07. The van der Waals surface area contributed by atoms with Crippen molar-refractivity contribution in [2.24, 2.45) is 0 Å². The first-order valence-electron chi connectivity index (χ1n) is 5.13. The molecule has 0 radical (unpaired) electrons. The number of alkyl halides is 2. The highest BCUT2D eigenvalue weighted by molar-refractivity contribution is 14.1. The molecule has 2 aromatic carbocycles. The maximum absolute atomic E-state index is 2.40. The SMILES string of the molecule is ICc1ccc(-c2cccc(CI)c2)cc1. The van der Waals surface area contributed by atoms with E-state index < -0.39 is 0 Å². The van der Waals surface area contributed by atoms with Crippen LogP contribution in [0, 0.1) is 0 Å². The van der Waals surface area contributed by atoms with Gasteiger partial charge in [0.05, 0.1) is 0 Å². The fraction of sp³-hybridized carbons (Fsp3) is 0.143. The van der Waals surface area contributed by atoms with Crippen molar-refractivity contribution >= 4 is 45.2 Å². The molecule has 2 heteroatoms. The summed E-state index contributed by atoms with van der Waals surface area (Å²) in [6.07, 6.45) is 0. The van der Waals surface area contributed by atoms with Gasteiger partial charge in [-0.1, -0.05) is 93.7 Å². The molecule has 0 aliphatic heterocycles. The zero-order valence-corrected chi connectivity index (χ0v) is 13.1. The zero-order chi connectivity index (χ0) is 11.4. The Balaban J connectivity index is 2.34. The van der Waals surface area contributed by atoms with Gasteiger partial charge in [0.25, 0.3) is 0 Å². The Morgan fingerprint density at radius 1 is 0.688 bits per heavy atom. The van der Waals surface area contributed by atoms with Crippen LogP contribution in [0.4, 0.5) is 0 Å². The predicted molar refractivity (Wildman–Crippen MR) is 87.3 cm³/mol. The molecule has 2 rings (SSSR count). The number of benzene rings is 2. The monoisotopic (exact) mass is 434 g/mol. The summed E-state index contributed by atoms with van der Waals surface area (Å²) in [5.41, 5.74) is 5.39. The average Bonchev–Trinajstić information content (AvgIpc) is 2.39. The van der Waals surface area contributed by atoms with Gasteiger partial charge in [-0.15, -0.1) is 0 Å². The smallest absolute Gasteiger partial charge is 0.0247 e. The maximum Gasteiger partial charge on any atom is 0.0247 e. The van der Waals surface area contributed by atoms with Gasteiger partial charge in [0.15, 0.2) is 0 Å². The standard InChI is InChI=1S/C14H12I2/c15-9-11-4-6-13(7-5-11)14-3-1-2-12(8-14)10-16/h1-8H,9-10H2. The average molecular weight is 434 g/mol. The van der Waals surface area contributed by atoms with Crippen LogP contribution in [-0.4, -0.2) is 0 Å². The molecule has 0 aromatic heterocycles. The van der Waals surface area contributed by atoms with Gasteiger partial charge in [0, 0.05) is 8.86 Å². The highest BCUT2D eigenvalue weighted by atomic mass is 127. The van der Waals surface area contributed by atoms with E-state index in [4.69, 9.17) is 0 Å². The van der Waals surface area contributed by atoms with Crippen molar-refractivity contribution < 1.29 is 0 Å². The lowest BCUT2D eigenvalue weighted by molar-refractivity contribution is 1.43. The summed E-state index contributed by atoms with van der Waals surface area (Å²) in [6, 6.07) is 17.6. The lowest BCUT2D eigenvalue weighted by atomic mass is 10.0. The van der Waals surface area contributed by atoms with Crippen LogP contribution in [0.2, 0.25) is 0 Å². The Labute approximate surface area is 124 Å². The topological polar surface area (TPSA) is 0 Å². The number of hydrogen-bond donors (Lipinski definition) is 0. The molecule has 82 valence electrons. The summed E-state index contributed by atoms with van der Waals surface area (Å²) >= 11 is 4.79. The fourth-order valence-corrected chi connectivity index (χ4v) is 2.60. The van der Waals surface area contributed by atoms with E-state index in [0.29, 0.717) is 0 Å². The second-order valence-electron chi connectivity index (χ2n) is 3.66. The summed E-state index contributed by atoms with van der Waals surface area (Å²) in [4.78, 5) is 0. The number of hydrogen-bond acceptors (Lipinski definition) is 0. The largest absolute Gasteiger partial charge is 0.0812 e. The third-order valence-electron chi connectivity index (χ3n) is 2.52. The summed E-state index contributed by atoms with van der Waals surface area (Å²) in [5.74, 6) is 0. The number of halogens is 2. The van der Waals surface area contributed by atoms with E-state index in [2.05, 4.69) is 93.7 Å². The van der Waals surface area contributed by atoms with Crippen LogP contribution in [0.3, 0.4) is 0 Å². The molecule has 0 heterocycles. The maximum atomic E-state index is 2.40. The summed E-state index contributed by atoms with van der Waals surface area (Å²) < 4.78 is 2.14. The van der Waals surface area contributed by atoms with Crippen LogP contribution in [0.25, 0.3) is 11.1 Å². The first-order valence-corrected chi connectivity index (χ1v) is 8.19. The molecular weight excluding hydrogens is 422 g/mol. The molecule has 0 bridgehead atoms. The first-order chi connectivity index (χ1) is 7.83. The molecule has 2 aromatic rings. The molecule has 0 amide bonds. The van der Waals surface area contributed by atoms with E-state index in [0.717, 1.165) is 8.86 Å². The third-order valence-corrected chi connectivity index (χ3v) is 4.28. The molecule has 0 spiro atoms. The van der Waals surface area contributed by atoms with Crippen molar-refractivity contribution in [3.05, 3.63) is 59.7 Å². The van der Waals surface area contributed by atoms with Crippen molar-refractivity contribution in [1.82, 2.24) is 0 Å². The van der Waals surface area contributed by atoms with Crippen LogP contribution < -0.4 is 0 Å². The van der Waals surface area contributed by atoms with Gasteiger partial charge in [0.1, 0.15) is 0 Å². The molecule has 0 saturated heterocycles. The van der Waals surface area contributed by atoms with Gasteiger partial charge in [0.2, 0.25) is 0 Å². The van der Waals surface area contributed by atoms with E-state index in [-0.39, 0.29) is 0 Å². The second kappa shape index (κ2) is 6.00. The van der Waals surface area contributed by atoms with Crippen LogP contribution in [-0.2, 0) is 8.86 Å². The lowest BCUT2D eigenvalue weighted by Crippen LogP contribution is -1.82. The Hall–Kier alpha value is -0.100. The van der Waals surface area contributed by atoms with E-state index in [9.17, 15) is 0 Å². The minimum atomic E-state index is 1.07. The Morgan fingerprint density at radius 2 is 1.38 bits per heavy atom. The predicted octanol–water partition coefficient (Wildman–Crippen LogP) is 5.22. The summed E-state index contributed by atoms with van der Waals surface area (Å²) in [7, 11) is 0. The molecule has 0 atom stereocenters. The first kappa shape index (κ1) is 12.4. The van der Waals surface area contributed by atoms with Crippen molar-refractivity contribution in [2.75, 3.05) is 0 Å². The molecular formula is C14H12I2. The van der Waals surface area contributed by atoms with E-state index in [1.807, 2.05) is 0 Å². The van der Waals surface area contributed by atoms with Gasteiger partial charge in [-0.25, -0.2) is 0 Å². The van der Waals surface area contributed by atoms with Crippen molar-refractivity contribution in [3.8, 4) is 11.1 Å². The molecule has 0 aliphatic carbocycles. The zero-order valence-electron chi connectivity index (χ0n) is 8.79. The van der Waals surface area contributed by atoms with Gasteiger partial charge in [-0.2, -0.15) is 0 Å². The highest BCUT2D eigenvalue weighted by Crippen LogP contribution is 2.22. The van der Waals surface area contributed by atoms with Gasteiger partial charge >= 0.3 is 0 Å². The van der Waals surface area contributed by atoms with Gasteiger partial charge in [-0.05, 0) is 22.3 Å². The lowest BCUT2D eigenvalue weighted by Gasteiger charge is -2.04. The van der Waals surface area contributed by atoms with Crippen LogP contribution in [0.1, 0.15) is 11.1 Å². The Bertz CT molecular complexity index is 460. The van der Waals surface area contributed by atoms with Crippen LogP contribution in [0.15, 0.2) is 48.5 Å².